The number of hydrogen-bond donors (Lipinski definition) is 2. The normalized spacial score (nSPS) is 11.9. The van der Waals surface area contributed by atoms with Gasteiger partial charge in [-0.2, -0.15) is 0 Å². The molecular weight excluding hydrogens is 308 g/mol. The molecule has 0 aliphatic heterocycles. The van der Waals surface area contributed by atoms with Gasteiger partial charge in [0.1, 0.15) is 5.75 Å². The molecule has 0 aliphatic carbocycles. The van der Waals surface area contributed by atoms with Crippen LogP contribution in [0.15, 0.2) is 47.4 Å². The van der Waals surface area contributed by atoms with Crippen LogP contribution in [-0.4, -0.2) is 15.9 Å². The predicted molar refractivity (Wildman–Crippen MR) is 86.9 cm³/mol. The lowest BCUT2D eigenvalue weighted by Crippen LogP contribution is -2.20. The van der Waals surface area contributed by atoms with E-state index in [1.54, 1.807) is 36.4 Å². The summed E-state index contributed by atoms with van der Waals surface area (Å²) in [5, 5.41) is 3.08. The van der Waals surface area contributed by atoms with Gasteiger partial charge >= 0.3 is 0 Å². The van der Waals surface area contributed by atoms with E-state index in [1.807, 2.05) is 13.0 Å². The average Bonchev–Trinajstić information content (AvgIpc) is 2.44. The van der Waals surface area contributed by atoms with E-state index < -0.39 is 10.8 Å². The Bertz CT molecular complexity index is 704. The topological polar surface area (TPSA) is 72.2 Å². The van der Waals surface area contributed by atoms with E-state index in [0.717, 1.165) is 5.56 Å². The fourth-order valence-electron chi connectivity index (χ4n) is 1.80. The van der Waals surface area contributed by atoms with Crippen LogP contribution in [0.4, 0.5) is 11.4 Å². The molecule has 3 N–H and O–H groups in total. The monoisotopic (exact) mass is 322 g/mol. The van der Waals surface area contributed by atoms with Gasteiger partial charge < -0.3 is 11.1 Å². The van der Waals surface area contributed by atoms with Gasteiger partial charge in [-0.3, -0.25) is 9.00 Å². The molecule has 0 heterocycles. The molecule has 2 aromatic carbocycles. The number of aryl methyl sites for hydroxylation is 1. The van der Waals surface area contributed by atoms with E-state index in [2.05, 4.69) is 5.32 Å². The number of nitrogens with two attached hydrogens (primary N) is 1. The molecular formula is C15H15ClN2O2S. The smallest absolute Gasteiger partial charge is 0.237 e. The number of carbonyl (C=O) groups is 1. The van der Waals surface area contributed by atoms with Crippen molar-refractivity contribution in [3.63, 3.8) is 0 Å². The Hall–Kier alpha value is -1.85. The third-order valence-corrected chi connectivity index (χ3v) is 4.64. The first kappa shape index (κ1) is 15.5. The standard InChI is InChI=1S/C15H15ClN2O2S/c1-10-5-4-8-13(15(10)17)21(20)9-14(19)18-12-7-3-2-6-11(12)16/h2-8H,9,17H2,1H3,(H,18,19). The lowest BCUT2D eigenvalue weighted by atomic mass is 10.2. The van der Waals surface area contributed by atoms with Crippen LogP contribution in [0.3, 0.4) is 0 Å². The minimum atomic E-state index is -1.50. The molecule has 0 radical (unpaired) electrons. The number of amides is 1. The van der Waals surface area contributed by atoms with E-state index >= 15 is 0 Å². The molecule has 0 bridgehead atoms. The number of hydrogen-bond acceptors (Lipinski definition) is 3. The molecule has 0 aliphatic rings. The largest absolute Gasteiger partial charge is 0.398 e. The highest BCUT2D eigenvalue weighted by atomic mass is 35.5. The molecule has 0 aromatic heterocycles. The second kappa shape index (κ2) is 6.74. The predicted octanol–water partition coefficient (Wildman–Crippen LogP) is 2.98. The highest BCUT2D eigenvalue weighted by Gasteiger charge is 2.14. The zero-order valence-corrected chi connectivity index (χ0v) is 13.0. The van der Waals surface area contributed by atoms with Gasteiger partial charge in [-0.1, -0.05) is 35.9 Å². The van der Waals surface area contributed by atoms with Crippen molar-refractivity contribution in [2.24, 2.45) is 0 Å². The highest BCUT2D eigenvalue weighted by molar-refractivity contribution is 7.86. The maximum Gasteiger partial charge on any atom is 0.237 e. The molecule has 0 saturated heterocycles. The van der Waals surface area contributed by atoms with Crippen molar-refractivity contribution >= 4 is 39.7 Å². The van der Waals surface area contributed by atoms with Gasteiger partial charge in [0.05, 0.1) is 32.1 Å². The molecule has 0 saturated carbocycles. The molecule has 2 rings (SSSR count). The first-order valence-electron chi connectivity index (χ1n) is 6.27. The molecule has 1 atom stereocenters. The van der Waals surface area contributed by atoms with Crippen LogP contribution in [0, 0.1) is 6.92 Å². The summed E-state index contributed by atoms with van der Waals surface area (Å²) < 4.78 is 12.2. The minimum Gasteiger partial charge on any atom is -0.398 e. The molecule has 21 heavy (non-hydrogen) atoms. The molecule has 0 fully saturated rings. The molecule has 110 valence electrons. The first-order chi connectivity index (χ1) is 9.99. The summed E-state index contributed by atoms with van der Waals surface area (Å²) in [5.41, 5.74) is 7.69. The second-order valence-corrected chi connectivity index (χ2v) is 6.33. The summed E-state index contributed by atoms with van der Waals surface area (Å²) in [5.74, 6) is -0.541. The highest BCUT2D eigenvalue weighted by Crippen LogP contribution is 2.22. The summed E-state index contributed by atoms with van der Waals surface area (Å²) in [7, 11) is -1.50. The SMILES string of the molecule is Cc1cccc(S(=O)CC(=O)Nc2ccccc2Cl)c1N. The maximum atomic E-state index is 12.2. The van der Waals surface area contributed by atoms with Crippen molar-refractivity contribution in [1.29, 1.82) is 0 Å². The van der Waals surface area contributed by atoms with Crippen molar-refractivity contribution in [2.75, 3.05) is 16.8 Å². The van der Waals surface area contributed by atoms with Crippen LogP contribution in [0.5, 0.6) is 0 Å². The van der Waals surface area contributed by atoms with Crippen LogP contribution in [-0.2, 0) is 15.6 Å². The van der Waals surface area contributed by atoms with Crippen LogP contribution in [0.1, 0.15) is 5.56 Å². The Morgan fingerprint density at radius 1 is 1.24 bits per heavy atom. The zero-order valence-electron chi connectivity index (χ0n) is 11.4. The van der Waals surface area contributed by atoms with Crippen molar-refractivity contribution < 1.29 is 9.00 Å². The Morgan fingerprint density at radius 2 is 1.95 bits per heavy atom. The minimum absolute atomic E-state index is 0.168. The molecule has 1 amide bonds. The van der Waals surface area contributed by atoms with Crippen molar-refractivity contribution in [3.8, 4) is 0 Å². The van der Waals surface area contributed by atoms with Gasteiger partial charge in [0.15, 0.2) is 0 Å². The fraction of sp³-hybridized carbons (Fsp3) is 0.133. The van der Waals surface area contributed by atoms with Crippen LogP contribution in [0.25, 0.3) is 0 Å². The molecule has 0 spiro atoms. The van der Waals surface area contributed by atoms with Crippen molar-refractivity contribution in [2.45, 2.75) is 11.8 Å². The van der Waals surface area contributed by atoms with Crippen LogP contribution in [0.2, 0.25) is 5.02 Å². The number of para-hydroxylation sites is 2. The van der Waals surface area contributed by atoms with Gasteiger partial charge in [-0.25, -0.2) is 0 Å². The Kier molecular flexibility index (Phi) is 4.98. The third-order valence-electron chi connectivity index (χ3n) is 2.94. The van der Waals surface area contributed by atoms with Crippen LogP contribution >= 0.6 is 11.6 Å². The number of halogens is 1. The summed E-state index contributed by atoms with van der Waals surface area (Å²) in [6.07, 6.45) is 0. The van der Waals surface area contributed by atoms with E-state index in [0.29, 0.717) is 21.3 Å². The molecule has 1 unspecified atom stereocenters. The zero-order chi connectivity index (χ0) is 15.4. The van der Waals surface area contributed by atoms with E-state index in [4.69, 9.17) is 17.3 Å². The van der Waals surface area contributed by atoms with E-state index in [1.165, 1.54) is 0 Å². The number of benzene rings is 2. The van der Waals surface area contributed by atoms with Gasteiger partial charge in [0.2, 0.25) is 5.91 Å². The molecule has 2 aromatic rings. The van der Waals surface area contributed by atoms with E-state index in [9.17, 15) is 9.00 Å². The Labute approximate surface area is 130 Å². The number of anilines is 2. The first-order valence-corrected chi connectivity index (χ1v) is 7.96. The Balaban J connectivity index is 2.08. The second-order valence-electron chi connectivity index (χ2n) is 4.50. The fourth-order valence-corrected chi connectivity index (χ4v) is 3.08. The number of rotatable bonds is 4. The van der Waals surface area contributed by atoms with Gasteiger partial charge in [0, 0.05) is 0 Å². The van der Waals surface area contributed by atoms with Gasteiger partial charge in [0.25, 0.3) is 0 Å². The number of nitrogens with one attached hydrogen (secondary N) is 1. The number of nitrogen functional groups attached to an aromatic ring is 1. The maximum absolute atomic E-state index is 12.2. The third kappa shape index (κ3) is 3.83. The van der Waals surface area contributed by atoms with Gasteiger partial charge in [-0.15, -0.1) is 0 Å². The lowest BCUT2D eigenvalue weighted by Gasteiger charge is -2.09. The van der Waals surface area contributed by atoms with E-state index in [-0.39, 0.29) is 11.7 Å². The summed E-state index contributed by atoms with van der Waals surface area (Å²) in [6, 6.07) is 12.2. The number of carbonyl (C=O) groups excluding carboxylic acids is 1. The van der Waals surface area contributed by atoms with Crippen LogP contribution < -0.4 is 11.1 Å². The van der Waals surface area contributed by atoms with Crippen molar-refractivity contribution in [1.82, 2.24) is 0 Å². The Morgan fingerprint density at radius 3 is 2.67 bits per heavy atom. The molecule has 6 heteroatoms. The summed E-state index contributed by atoms with van der Waals surface area (Å²) >= 11 is 5.96. The van der Waals surface area contributed by atoms with Gasteiger partial charge in [-0.05, 0) is 30.7 Å². The summed E-state index contributed by atoms with van der Waals surface area (Å²) in [6.45, 7) is 1.83. The lowest BCUT2D eigenvalue weighted by molar-refractivity contribution is -0.113. The quantitative estimate of drug-likeness (QED) is 0.850. The van der Waals surface area contributed by atoms with Crippen molar-refractivity contribution in [3.05, 3.63) is 53.1 Å². The molecule has 4 nitrogen and oxygen atoms in total. The summed E-state index contributed by atoms with van der Waals surface area (Å²) in [4.78, 5) is 12.4. The average molecular weight is 323 g/mol.